The lowest BCUT2D eigenvalue weighted by Gasteiger charge is -2.48. The van der Waals surface area contributed by atoms with Crippen LogP contribution in [0, 0.1) is 10.1 Å². The summed E-state index contributed by atoms with van der Waals surface area (Å²) in [4.78, 5) is 42.1. The Labute approximate surface area is 226 Å². The van der Waals surface area contributed by atoms with Crippen molar-refractivity contribution in [3.8, 4) is 0 Å². The van der Waals surface area contributed by atoms with Crippen LogP contribution in [0.5, 0.6) is 0 Å². The first-order chi connectivity index (χ1) is 17.8. The van der Waals surface area contributed by atoms with Crippen LogP contribution >= 0.6 is 23.5 Å². The van der Waals surface area contributed by atoms with E-state index < -0.39 is 23.1 Å². The van der Waals surface area contributed by atoms with Crippen LogP contribution in [0.15, 0.2) is 30.3 Å². The fourth-order valence-corrected chi connectivity index (χ4v) is 7.99. The van der Waals surface area contributed by atoms with Crippen LogP contribution in [-0.2, 0) is 25.6 Å². The van der Waals surface area contributed by atoms with Gasteiger partial charge in [-0.1, -0.05) is 30.3 Å². The molecule has 0 aromatic heterocycles. The van der Waals surface area contributed by atoms with Crippen LogP contribution in [0.4, 0.5) is 0 Å². The topological polar surface area (TPSA) is 131 Å². The zero-order valence-electron chi connectivity index (χ0n) is 21.2. The molecule has 2 heterocycles. The van der Waals surface area contributed by atoms with Crippen molar-refractivity contribution >= 4 is 35.4 Å². The predicted molar refractivity (Wildman–Crippen MR) is 144 cm³/mol. The number of piperidine rings is 1. The minimum atomic E-state index is -0.971. The highest BCUT2D eigenvalue weighted by Gasteiger charge is 2.44. The zero-order valence-corrected chi connectivity index (χ0v) is 22.8. The van der Waals surface area contributed by atoms with Gasteiger partial charge in [-0.25, -0.2) is 0 Å². The zero-order chi connectivity index (χ0) is 26.7. The summed E-state index contributed by atoms with van der Waals surface area (Å²) in [6.45, 7) is 2.93. The van der Waals surface area contributed by atoms with Gasteiger partial charge in [0.05, 0.1) is 29.4 Å². The number of hydrogen-bond acceptors (Lipinski definition) is 9. The lowest BCUT2D eigenvalue weighted by atomic mass is 10.00. The monoisotopic (exact) mass is 555 g/mol. The van der Waals surface area contributed by atoms with E-state index in [1.165, 1.54) is 0 Å². The Morgan fingerprint density at radius 1 is 1.27 bits per heavy atom. The van der Waals surface area contributed by atoms with Crippen molar-refractivity contribution in [2.75, 3.05) is 37.9 Å². The molecule has 1 spiro atoms. The van der Waals surface area contributed by atoms with Gasteiger partial charge < -0.3 is 19.6 Å². The number of carboxylic acid groups (broad SMARTS) is 1. The molecule has 2 N–H and O–H groups in total. The quantitative estimate of drug-likeness (QED) is 0.200. The molecule has 37 heavy (non-hydrogen) atoms. The first-order valence-electron chi connectivity index (χ1n) is 12.8. The van der Waals surface area contributed by atoms with Crippen LogP contribution < -0.4 is 5.32 Å². The van der Waals surface area contributed by atoms with Crippen LogP contribution in [0.2, 0.25) is 0 Å². The lowest BCUT2D eigenvalue weighted by molar-refractivity contribution is -0.757. The number of benzene rings is 1. The van der Waals surface area contributed by atoms with Gasteiger partial charge in [-0.15, -0.1) is 33.6 Å². The molecular weight excluding hydrogens is 518 g/mol. The third-order valence-corrected chi connectivity index (χ3v) is 10.0. The summed E-state index contributed by atoms with van der Waals surface area (Å²) in [6, 6.07) is 8.07. The summed E-state index contributed by atoms with van der Waals surface area (Å²) in [5.41, 5.74) is 1.06. The van der Waals surface area contributed by atoms with Gasteiger partial charge in [0.2, 0.25) is 5.91 Å². The van der Waals surface area contributed by atoms with Gasteiger partial charge in [0.1, 0.15) is 6.04 Å². The fraction of sp³-hybridized carbons (Fsp3) is 0.680. The van der Waals surface area contributed by atoms with Crippen LogP contribution in [0.3, 0.4) is 0 Å². The normalized spacial score (nSPS) is 20.8. The maximum Gasteiger partial charge on any atom is 0.320 e. The summed E-state index contributed by atoms with van der Waals surface area (Å²) in [5, 5.41) is 22.3. The van der Waals surface area contributed by atoms with E-state index in [0.29, 0.717) is 39.0 Å². The maximum absolute atomic E-state index is 13.7. The van der Waals surface area contributed by atoms with Gasteiger partial charge in [-0.05, 0) is 62.5 Å². The Bertz CT molecular complexity index is 886. The number of carbonyl (C=O) groups excluding carboxylic acids is 1. The Kier molecular flexibility index (Phi) is 11.8. The molecule has 12 heteroatoms. The van der Waals surface area contributed by atoms with E-state index in [9.17, 15) is 24.8 Å². The summed E-state index contributed by atoms with van der Waals surface area (Å²) < 4.78 is 5.73. The van der Waals surface area contributed by atoms with Crippen molar-refractivity contribution in [2.24, 2.45) is 0 Å². The number of nitrogens with zero attached hydrogens (tertiary/aromatic N) is 2. The number of amides is 1. The molecule has 3 atom stereocenters. The van der Waals surface area contributed by atoms with E-state index in [2.05, 4.69) is 10.2 Å². The van der Waals surface area contributed by atoms with E-state index >= 15 is 0 Å². The van der Waals surface area contributed by atoms with Crippen LogP contribution in [0.25, 0.3) is 0 Å². The highest BCUT2D eigenvalue weighted by atomic mass is 32.2. The number of ether oxygens (including phenoxy) is 1. The average molecular weight is 556 g/mol. The smallest absolute Gasteiger partial charge is 0.320 e. The molecule has 0 aliphatic carbocycles. The van der Waals surface area contributed by atoms with Crippen molar-refractivity contribution in [3.63, 3.8) is 0 Å². The van der Waals surface area contributed by atoms with E-state index in [4.69, 9.17) is 4.74 Å². The molecule has 2 aliphatic rings. The van der Waals surface area contributed by atoms with Crippen molar-refractivity contribution in [2.45, 2.75) is 67.7 Å². The summed E-state index contributed by atoms with van der Waals surface area (Å²) in [6.07, 6.45) is 4.29. The standard InChI is InChI=1S/C25H37N3O7S2/c1-19(26-22(24(30)31)10-9-20-7-3-2-4-8-20)23(29)27-18-25(36-15-6-16-37-25)12-11-21(27)17-34-13-5-14-35-28(32)33/h2-4,7-8,19,21-22,26H,5-6,9-18H2,1H3,(H,30,31). The number of aliphatic carboxylic acids is 1. The third kappa shape index (κ3) is 9.35. The Balaban J connectivity index is 1.60. The molecule has 2 aliphatic heterocycles. The molecule has 206 valence electrons. The SMILES string of the molecule is CC(NC(CCc1ccccc1)C(=O)O)C(=O)N1CC2(CCC1COCCCO[N+](=O)[O-])SCCCS2. The number of carboxylic acids is 1. The van der Waals surface area contributed by atoms with Crippen molar-refractivity contribution in [3.05, 3.63) is 46.0 Å². The number of thioether (sulfide) groups is 2. The second-order valence-corrected chi connectivity index (χ2v) is 12.6. The van der Waals surface area contributed by atoms with E-state index in [1.807, 2.05) is 58.8 Å². The number of nitrogens with one attached hydrogen (secondary N) is 1. The largest absolute Gasteiger partial charge is 0.480 e. The molecule has 10 nitrogen and oxygen atoms in total. The molecule has 2 fully saturated rings. The van der Waals surface area contributed by atoms with Gasteiger partial charge in [0, 0.05) is 13.2 Å². The number of rotatable bonds is 14. The lowest BCUT2D eigenvalue weighted by Crippen LogP contribution is -2.59. The van der Waals surface area contributed by atoms with Gasteiger partial charge in [0.25, 0.3) is 5.09 Å². The van der Waals surface area contributed by atoms with Gasteiger partial charge in [-0.3, -0.25) is 14.9 Å². The second-order valence-electron chi connectivity index (χ2n) is 9.41. The fourth-order valence-electron chi connectivity index (χ4n) is 4.67. The van der Waals surface area contributed by atoms with Crippen molar-refractivity contribution < 1.29 is 29.4 Å². The first kappa shape index (κ1) is 29.5. The number of aryl methyl sites for hydroxylation is 1. The molecule has 1 aromatic carbocycles. The summed E-state index contributed by atoms with van der Waals surface area (Å²) >= 11 is 3.83. The predicted octanol–water partition coefficient (Wildman–Crippen LogP) is 3.22. The Hall–Kier alpha value is -2.02. The first-order valence-corrected chi connectivity index (χ1v) is 14.7. The Morgan fingerprint density at radius 3 is 2.68 bits per heavy atom. The number of carbonyl (C=O) groups is 2. The minimum absolute atomic E-state index is 0.0305. The molecule has 0 saturated carbocycles. The molecule has 2 saturated heterocycles. The van der Waals surface area contributed by atoms with Gasteiger partial charge in [0.15, 0.2) is 0 Å². The molecule has 3 rings (SSSR count). The van der Waals surface area contributed by atoms with Crippen LogP contribution in [0.1, 0.15) is 44.6 Å². The van der Waals surface area contributed by atoms with E-state index in [0.717, 1.165) is 36.3 Å². The Morgan fingerprint density at radius 2 is 2.00 bits per heavy atom. The highest BCUT2D eigenvalue weighted by Crippen LogP contribution is 2.49. The number of hydrogen-bond donors (Lipinski definition) is 2. The summed E-state index contributed by atoms with van der Waals surface area (Å²) in [5.74, 6) is 1.05. The van der Waals surface area contributed by atoms with Gasteiger partial charge in [-0.2, -0.15) is 0 Å². The van der Waals surface area contributed by atoms with E-state index in [1.54, 1.807) is 6.92 Å². The number of likely N-dealkylation sites (tertiary alicyclic amines) is 1. The molecular formula is C25H37N3O7S2. The molecule has 0 bridgehead atoms. The van der Waals surface area contributed by atoms with Gasteiger partial charge >= 0.3 is 5.97 Å². The minimum Gasteiger partial charge on any atom is -0.480 e. The van der Waals surface area contributed by atoms with Crippen LogP contribution in [-0.4, -0.2) is 87.0 Å². The van der Waals surface area contributed by atoms with Crippen molar-refractivity contribution in [1.82, 2.24) is 10.2 Å². The molecule has 1 amide bonds. The van der Waals surface area contributed by atoms with Crippen molar-refractivity contribution in [1.29, 1.82) is 0 Å². The van der Waals surface area contributed by atoms with E-state index in [-0.39, 0.29) is 22.6 Å². The second kappa shape index (κ2) is 14.8. The third-order valence-electron chi connectivity index (χ3n) is 6.64. The molecule has 0 radical (unpaired) electrons. The molecule has 1 aromatic rings. The molecule has 3 unspecified atom stereocenters. The highest BCUT2D eigenvalue weighted by molar-refractivity contribution is 8.18. The maximum atomic E-state index is 13.7. The summed E-state index contributed by atoms with van der Waals surface area (Å²) in [7, 11) is 0. The average Bonchev–Trinajstić information content (AvgIpc) is 2.89.